The van der Waals surface area contributed by atoms with Crippen LogP contribution in [0.2, 0.25) is 0 Å². The molecular formula is C17H23N3O4. The zero-order valence-corrected chi connectivity index (χ0v) is 14.1. The third-order valence-electron chi connectivity index (χ3n) is 3.83. The maximum absolute atomic E-state index is 12.2. The van der Waals surface area contributed by atoms with Crippen molar-refractivity contribution in [2.45, 2.75) is 19.4 Å². The van der Waals surface area contributed by atoms with Crippen molar-refractivity contribution < 1.29 is 20.1 Å². The van der Waals surface area contributed by atoms with E-state index < -0.39 is 11.4 Å². The number of aliphatic hydroxyl groups is 1. The molecule has 0 heterocycles. The maximum Gasteiger partial charge on any atom is 0.262 e. The van der Waals surface area contributed by atoms with Crippen LogP contribution in [0.3, 0.4) is 0 Å². The van der Waals surface area contributed by atoms with Crippen LogP contribution in [0.5, 0.6) is 11.5 Å². The summed E-state index contributed by atoms with van der Waals surface area (Å²) in [5.41, 5.74) is -0.0789. The lowest BCUT2D eigenvalue weighted by molar-refractivity contribution is -0.117. The van der Waals surface area contributed by atoms with Crippen LogP contribution in [0.1, 0.15) is 19.4 Å². The van der Waals surface area contributed by atoms with E-state index in [4.69, 9.17) is 5.11 Å². The molecule has 0 aliphatic carbocycles. The molecule has 0 radical (unpaired) electrons. The van der Waals surface area contributed by atoms with Crippen molar-refractivity contribution in [1.29, 1.82) is 5.26 Å². The molecular weight excluding hydrogens is 310 g/mol. The fourth-order valence-corrected chi connectivity index (χ4v) is 1.92. The Hall–Kier alpha value is -2.56. The summed E-state index contributed by atoms with van der Waals surface area (Å²) >= 11 is 0. The van der Waals surface area contributed by atoms with E-state index in [-0.39, 0.29) is 23.7 Å². The molecule has 4 N–H and O–H groups in total. The summed E-state index contributed by atoms with van der Waals surface area (Å²) in [6.45, 7) is 4.60. The van der Waals surface area contributed by atoms with Gasteiger partial charge in [0.15, 0.2) is 11.5 Å². The van der Waals surface area contributed by atoms with Crippen molar-refractivity contribution in [2.24, 2.45) is 0 Å². The highest BCUT2D eigenvalue weighted by Gasteiger charge is 2.24. The number of amides is 1. The van der Waals surface area contributed by atoms with E-state index >= 15 is 0 Å². The normalized spacial score (nSPS) is 12.1. The molecule has 130 valence electrons. The first-order chi connectivity index (χ1) is 11.2. The topological polar surface area (TPSA) is 117 Å². The van der Waals surface area contributed by atoms with Crippen LogP contribution < -0.4 is 5.32 Å². The zero-order valence-electron chi connectivity index (χ0n) is 14.1. The van der Waals surface area contributed by atoms with Gasteiger partial charge in [0.25, 0.3) is 5.91 Å². The number of hydrogen-bond donors (Lipinski definition) is 4. The van der Waals surface area contributed by atoms with Gasteiger partial charge in [-0.2, -0.15) is 5.26 Å². The number of β-amino-alcohol motifs (C(OH)–C–C–N with tert-alkyl or cyclic N) is 1. The fraction of sp³-hybridized carbons (Fsp3) is 0.412. The number of carbonyl (C=O) groups is 1. The summed E-state index contributed by atoms with van der Waals surface area (Å²) in [4.78, 5) is 14.1. The molecule has 1 aromatic carbocycles. The van der Waals surface area contributed by atoms with E-state index in [1.807, 2.05) is 31.9 Å². The first kappa shape index (κ1) is 19.5. The lowest BCUT2D eigenvalue weighted by Gasteiger charge is -2.35. The van der Waals surface area contributed by atoms with Gasteiger partial charge in [-0.15, -0.1) is 0 Å². The Kier molecular flexibility index (Phi) is 6.77. The molecule has 0 unspecified atom stereocenters. The molecule has 0 aliphatic heterocycles. The predicted molar refractivity (Wildman–Crippen MR) is 90.2 cm³/mol. The highest BCUT2D eigenvalue weighted by atomic mass is 16.3. The van der Waals surface area contributed by atoms with E-state index in [0.717, 1.165) is 0 Å². The summed E-state index contributed by atoms with van der Waals surface area (Å²) in [7, 11) is 1.84. The smallest absolute Gasteiger partial charge is 0.262 e. The third-order valence-corrected chi connectivity index (χ3v) is 3.83. The number of phenolic OH excluding ortho intramolecular Hbond substituents is 2. The van der Waals surface area contributed by atoms with Gasteiger partial charge in [-0.1, -0.05) is 6.07 Å². The van der Waals surface area contributed by atoms with Gasteiger partial charge < -0.3 is 20.6 Å². The molecule has 1 amide bonds. The predicted octanol–water partition coefficient (Wildman–Crippen LogP) is 0.824. The summed E-state index contributed by atoms with van der Waals surface area (Å²) in [6.07, 6.45) is 1.33. The number of benzene rings is 1. The number of carbonyl (C=O) groups excluding carboxylic acids is 1. The van der Waals surface area contributed by atoms with Crippen molar-refractivity contribution in [2.75, 3.05) is 26.7 Å². The zero-order chi connectivity index (χ0) is 18.3. The Morgan fingerprint density at radius 2 is 2.04 bits per heavy atom. The molecule has 1 rings (SSSR count). The van der Waals surface area contributed by atoms with Crippen LogP contribution in [0.15, 0.2) is 23.8 Å². The Labute approximate surface area is 141 Å². The van der Waals surface area contributed by atoms with E-state index in [1.54, 1.807) is 0 Å². The van der Waals surface area contributed by atoms with Crippen molar-refractivity contribution >= 4 is 12.0 Å². The molecule has 0 spiro atoms. The Balaban J connectivity index is 2.82. The van der Waals surface area contributed by atoms with E-state index in [1.165, 1.54) is 24.3 Å². The Morgan fingerprint density at radius 1 is 1.38 bits per heavy atom. The summed E-state index contributed by atoms with van der Waals surface area (Å²) in [6, 6.07) is 5.85. The summed E-state index contributed by atoms with van der Waals surface area (Å²) in [5, 5.41) is 39.6. The number of likely N-dealkylation sites (N-methyl/N-ethyl adjacent to an activating group) is 1. The monoisotopic (exact) mass is 333 g/mol. The standard InChI is InChI=1S/C17H23N3O4/c1-17(2,20(3)6-7-21)11-19-16(24)13(10-18)8-12-4-5-14(22)15(23)9-12/h4-5,8-9,21-23H,6-7,11H2,1-3H3,(H,19,24)/b13-8+. The van der Waals surface area contributed by atoms with Gasteiger partial charge in [-0.3, -0.25) is 9.69 Å². The number of nitriles is 1. The number of rotatable bonds is 7. The number of aromatic hydroxyl groups is 2. The van der Waals surface area contributed by atoms with Gasteiger partial charge >= 0.3 is 0 Å². The lowest BCUT2D eigenvalue weighted by atomic mass is 10.0. The van der Waals surface area contributed by atoms with E-state index in [9.17, 15) is 20.3 Å². The lowest BCUT2D eigenvalue weighted by Crippen LogP contribution is -2.50. The van der Waals surface area contributed by atoms with Crippen LogP contribution in [0, 0.1) is 11.3 Å². The minimum Gasteiger partial charge on any atom is -0.504 e. The number of nitrogens with one attached hydrogen (secondary N) is 1. The quantitative estimate of drug-likeness (QED) is 0.333. The fourth-order valence-electron chi connectivity index (χ4n) is 1.92. The first-order valence-corrected chi connectivity index (χ1v) is 7.45. The summed E-state index contributed by atoms with van der Waals surface area (Å²) < 4.78 is 0. The highest BCUT2D eigenvalue weighted by Crippen LogP contribution is 2.25. The van der Waals surface area contributed by atoms with Gasteiger partial charge in [0.1, 0.15) is 11.6 Å². The molecule has 0 saturated heterocycles. The third kappa shape index (κ3) is 5.26. The molecule has 1 aromatic rings. The Bertz CT molecular complexity index is 662. The molecule has 7 nitrogen and oxygen atoms in total. The molecule has 0 aromatic heterocycles. The Morgan fingerprint density at radius 3 is 2.58 bits per heavy atom. The molecule has 7 heteroatoms. The number of aliphatic hydroxyl groups excluding tert-OH is 1. The van der Waals surface area contributed by atoms with Crippen molar-refractivity contribution in [3.63, 3.8) is 0 Å². The second-order valence-corrected chi connectivity index (χ2v) is 6.06. The molecule has 0 aliphatic rings. The van der Waals surface area contributed by atoms with Gasteiger partial charge in [0, 0.05) is 18.6 Å². The van der Waals surface area contributed by atoms with Crippen LogP contribution in [0.25, 0.3) is 6.08 Å². The van der Waals surface area contributed by atoms with Gasteiger partial charge in [0.05, 0.1) is 6.61 Å². The molecule has 0 atom stereocenters. The average Bonchev–Trinajstić information content (AvgIpc) is 2.53. The number of phenols is 2. The number of nitrogens with zero attached hydrogens (tertiary/aromatic N) is 2. The van der Waals surface area contributed by atoms with E-state index in [2.05, 4.69) is 5.32 Å². The van der Waals surface area contributed by atoms with Crippen LogP contribution in [-0.2, 0) is 4.79 Å². The van der Waals surface area contributed by atoms with Crippen LogP contribution in [-0.4, -0.2) is 58.4 Å². The minimum absolute atomic E-state index is 0.0154. The second kappa shape index (κ2) is 8.34. The van der Waals surface area contributed by atoms with Crippen molar-refractivity contribution in [1.82, 2.24) is 10.2 Å². The molecule has 0 saturated carbocycles. The van der Waals surface area contributed by atoms with Gasteiger partial charge in [-0.05, 0) is 44.7 Å². The van der Waals surface area contributed by atoms with Crippen molar-refractivity contribution in [3.05, 3.63) is 29.3 Å². The first-order valence-electron chi connectivity index (χ1n) is 7.45. The minimum atomic E-state index is -0.532. The van der Waals surface area contributed by atoms with Crippen LogP contribution >= 0.6 is 0 Å². The number of hydrogen-bond acceptors (Lipinski definition) is 6. The molecule has 0 fully saturated rings. The van der Waals surface area contributed by atoms with Gasteiger partial charge in [-0.25, -0.2) is 0 Å². The average molecular weight is 333 g/mol. The second-order valence-electron chi connectivity index (χ2n) is 6.06. The molecule has 24 heavy (non-hydrogen) atoms. The van der Waals surface area contributed by atoms with Crippen LogP contribution in [0.4, 0.5) is 0 Å². The molecule has 0 bridgehead atoms. The van der Waals surface area contributed by atoms with E-state index in [0.29, 0.717) is 18.7 Å². The largest absolute Gasteiger partial charge is 0.504 e. The summed E-state index contributed by atoms with van der Waals surface area (Å²) in [5.74, 6) is -1.13. The maximum atomic E-state index is 12.2. The highest BCUT2D eigenvalue weighted by molar-refractivity contribution is 6.01. The van der Waals surface area contributed by atoms with Crippen molar-refractivity contribution in [3.8, 4) is 17.6 Å². The van der Waals surface area contributed by atoms with Gasteiger partial charge in [0.2, 0.25) is 0 Å². The SMILES string of the molecule is CN(CCO)C(C)(C)CNC(=O)/C(C#N)=C/c1ccc(O)c(O)c1.